The molecule has 0 saturated carbocycles. The van der Waals surface area contributed by atoms with Crippen LogP contribution >= 0.6 is 0 Å². The zero-order valence-corrected chi connectivity index (χ0v) is 12.4. The van der Waals surface area contributed by atoms with Crippen molar-refractivity contribution >= 4 is 5.78 Å². The fourth-order valence-electron chi connectivity index (χ4n) is 2.65. The van der Waals surface area contributed by atoms with E-state index in [0.29, 0.717) is 29.2 Å². The lowest BCUT2D eigenvalue weighted by atomic mass is 9.98. The zero-order chi connectivity index (χ0) is 15.5. The molecule has 0 fully saturated rings. The fourth-order valence-corrected chi connectivity index (χ4v) is 2.65. The predicted molar refractivity (Wildman–Crippen MR) is 81.3 cm³/mol. The Bertz CT molecular complexity index is 709. The fraction of sp³-hybridized carbons (Fsp3) is 0.278. The minimum absolute atomic E-state index is 0.218. The summed E-state index contributed by atoms with van der Waals surface area (Å²) in [7, 11) is 1.54. The molecule has 3 nitrogen and oxygen atoms in total. The Morgan fingerprint density at radius 1 is 1.18 bits per heavy atom. The molecule has 22 heavy (non-hydrogen) atoms. The van der Waals surface area contributed by atoms with Gasteiger partial charge in [0.05, 0.1) is 13.7 Å². The van der Waals surface area contributed by atoms with Crippen LogP contribution in [0.15, 0.2) is 36.4 Å². The van der Waals surface area contributed by atoms with E-state index in [1.54, 1.807) is 37.4 Å². The van der Waals surface area contributed by atoms with Crippen molar-refractivity contribution in [3.63, 3.8) is 0 Å². The Labute approximate surface area is 128 Å². The predicted octanol–water partition coefficient (Wildman–Crippen LogP) is 3.78. The normalized spacial score (nSPS) is 13.7. The van der Waals surface area contributed by atoms with E-state index in [9.17, 15) is 9.18 Å². The quantitative estimate of drug-likeness (QED) is 0.809. The van der Waals surface area contributed by atoms with Crippen molar-refractivity contribution in [2.75, 3.05) is 13.7 Å². The van der Waals surface area contributed by atoms with Crippen molar-refractivity contribution < 1.29 is 18.7 Å². The van der Waals surface area contributed by atoms with Gasteiger partial charge < -0.3 is 9.47 Å². The van der Waals surface area contributed by atoms with Crippen molar-refractivity contribution in [3.05, 3.63) is 58.9 Å². The zero-order valence-electron chi connectivity index (χ0n) is 12.4. The van der Waals surface area contributed by atoms with E-state index in [-0.39, 0.29) is 5.78 Å². The molecule has 2 aromatic rings. The molecular formula is C18H17FO3. The van der Waals surface area contributed by atoms with Crippen LogP contribution in [0.4, 0.5) is 4.39 Å². The van der Waals surface area contributed by atoms with E-state index in [1.165, 1.54) is 6.07 Å². The van der Waals surface area contributed by atoms with Gasteiger partial charge in [0.1, 0.15) is 5.75 Å². The van der Waals surface area contributed by atoms with Gasteiger partial charge in [0.15, 0.2) is 17.3 Å². The van der Waals surface area contributed by atoms with Crippen molar-refractivity contribution in [2.24, 2.45) is 0 Å². The molecule has 4 heteroatoms. The first-order valence-corrected chi connectivity index (χ1v) is 7.33. The number of hydrogen-bond acceptors (Lipinski definition) is 3. The maximum Gasteiger partial charge on any atom is 0.193 e. The highest BCUT2D eigenvalue weighted by Crippen LogP contribution is 2.30. The van der Waals surface area contributed by atoms with Crippen LogP contribution < -0.4 is 9.47 Å². The van der Waals surface area contributed by atoms with Crippen molar-refractivity contribution in [3.8, 4) is 11.5 Å². The highest BCUT2D eigenvalue weighted by Gasteiger charge is 2.19. The summed E-state index contributed by atoms with van der Waals surface area (Å²) in [5.41, 5.74) is 1.59. The van der Waals surface area contributed by atoms with E-state index in [0.717, 1.165) is 24.8 Å². The maximum atomic E-state index is 14.2. The summed E-state index contributed by atoms with van der Waals surface area (Å²) in [5, 5.41) is 0. The van der Waals surface area contributed by atoms with Crippen LogP contribution in [0.2, 0.25) is 0 Å². The average Bonchev–Trinajstić information content (AvgIpc) is 2.80. The largest absolute Gasteiger partial charge is 0.497 e. The molecule has 0 amide bonds. The Morgan fingerprint density at radius 2 is 2.05 bits per heavy atom. The SMILES string of the molecule is COc1cccc(C(=O)c2cc(F)c3c(c2)CCCCO3)c1. The molecule has 1 aliphatic rings. The van der Waals surface area contributed by atoms with Crippen LogP contribution in [-0.2, 0) is 6.42 Å². The smallest absolute Gasteiger partial charge is 0.193 e. The molecule has 0 radical (unpaired) electrons. The second-order valence-corrected chi connectivity index (χ2v) is 5.31. The number of rotatable bonds is 3. The van der Waals surface area contributed by atoms with Gasteiger partial charge in [0, 0.05) is 11.1 Å². The van der Waals surface area contributed by atoms with Gasteiger partial charge in [-0.1, -0.05) is 12.1 Å². The van der Waals surface area contributed by atoms with E-state index in [1.807, 2.05) is 0 Å². The van der Waals surface area contributed by atoms with Crippen LogP contribution in [-0.4, -0.2) is 19.5 Å². The number of ether oxygens (including phenoxy) is 2. The molecule has 0 spiro atoms. The lowest BCUT2D eigenvalue weighted by Crippen LogP contribution is -2.05. The first-order chi connectivity index (χ1) is 10.7. The number of methoxy groups -OCH3 is 1. The summed E-state index contributed by atoms with van der Waals surface area (Å²) < 4.78 is 24.8. The van der Waals surface area contributed by atoms with E-state index < -0.39 is 5.82 Å². The lowest BCUT2D eigenvalue weighted by Gasteiger charge is -2.11. The van der Waals surface area contributed by atoms with Crippen molar-refractivity contribution in [1.82, 2.24) is 0 Å². The highest BCUT2D eigenvalue weighted by atomic mass is 19.1. The van der Waals surface area contributed by atoms with Crippen LogP contribution in [0.3, 0.4) is 0 Å². The standard InChI is InChI=1S/C18H17FO3/c1-21-15-7-4-6-12(10-15)17(20)14-9-13-5-2-3-8-22-18(13)16(19)11-14/h4,6-7,9-11H,2-3,5,8H2,1H3. The van der Waals surface area contributed by atoms with E-state index in [4.69, 9.17) is 9.47 Å². The Morgan fingerprint density at radius 3 is 2.86 bits per heavy atom. The van der Waals surface area contributed by atoms with Crippen molar-refractivity contribution in [1.29, 1.82) is 0 Å². The molecule has 0 aliphatic carbocycles. The molecular weight excluding hydrogens is 283 g/mol. The van der Waals surface area contributed by atoms with E-state index >= 15 is 0 Å². The number of hydrogen-bond donors (Lipinski definition) is 0. The molecule has 1 heterocycles. The third-order valence-electron chi connectivity index (χ3n) is 3.80. The van der Waals surface area contributed by atoms with Crippen LogP contribution in [0.25, 0.3) is 0 Å². The van der Waals surface area contributed by atoms with Gasteiger partial charge in [-0.3, -0.25) is 4.79 Å². The van der Waals surface area contributed by atoms with Gasteiger partial charge >= 0.3 is 0 Å². The molecule has 0 bridgehead atoms. The first kappa shape index (κ1) is 14.6. The monoisotopic (exact) mass is 300 g/mol. The summed E-state index contributed by atoms with van der Waals surface area (Å²) in [6.45, 7) is 0.521. The summed E-state index contributed by atoms with van der Waals surface area (Å²) in [4.78, 5) is 12.6. The third-order valence-corrected chi connectivity index (χ3v) is 3.80. The minimum Gasteiger partial charge on any atom is -0.497 e. The molecule has 114 valence electrons. The topological polar surface area (TPSA) is 35.5 Å². The maximum absolute atomic E-state index is 14.2. The van der Waals surface area contributed by atoms with Crippen LogP contribution in [0, 0.1) is 5.82 Å². The molecule has 0 saturated heterocycles. The highest BCUT2D eigenvalue weighted by molar-refractivity contribution is 6.09. The summed E-state index contributed by atoms with van der Waals surface area (Å²) in [5.74, 6) is 0.208. The first-order valence-electron chi connectivity index (χ1n) is 7.33. The second kappa shape index (κ2) is 6.18. The van der Waals surface area contributed by atoms with Crippen LogP contribution in [0.1, 0.15) is 34.3 Å². The van der Waals surface area contributed by atoms with Crippen LogP contribution in [0.5, 0.6) is 11.5 Å². The number of carbonyl (C=O) groups excluding carboxylic acids is 1. The summed E-state index contributed by atoms with van der Waals surface area (Å²) in [6, 6.07) is 9.86. The Kier molecular flexibility index (Phi) is 4.09. The Balaban J connectivity index is 1.99. The molecule has 2 aromatic carbocycles. The minimum atomic E-state index is -0.467. The molecule has 1 aliphatic heterocycles. The molecule has 0 unspecified atom stereocenters. The van der Waals surface area contributed by atoms with E-state index in [2.05, 4.69) is 0 Å². The van der Waals surface area contributed by atoms with Gasteiger partial charge in [0.25, 0.3) is 0 Å². The summed E-state index contributed by atoms with van der Waals surface area (Å²) >= 11 is 0. The molecule has 3 rings (SSSR count). The Hall–Kier alpha value is -2.36. The number of ketones is 1. The number of halogens is 1. The van der Waals surface area contributed by atoms with Gasteiger partial charge in [0.2, 0.25) is 0 Å². The average molecular weight is 300 g/mol. The lowest BCUT2D eigenvalue weighted by molar-refractivity contribution is 0.103. The molecule has 0 aromatic heterocycles. The second-order valence-electron chi connectivity index (χ2n) is 5.31. The third kappa shape index (κ3) is 2.82. The molecule has 0 atom stereocenters. The molecule has 0 N–H and O–H groups in total. The number of carbonyl (C=O) groups is 1. The van der Waals surface area contributed by atoms with Gasteiger partial charge in [-0.05, 0) is 49.1 Å². The van der Waals surface area contributed by atoms with Gasteiger partial charge in [-0.2, -0.15) is 0 Å². The number of fused-ring (bicyclic) bond motifs is 1. The van der Waals surface area contributed by atoms with Gasteiger partial charge in [-0.15, -0.1) is 0 Å². The van der Waals surface area contributed by atoms with Gasteiger partial charge in [-0.25, -0.2) is 4.39 Å². The van der Waals surface area contributed by atoms with Crippen molar-refractivity contribution in [2.45, 2.75) is 19.3 Å². The number of benzene rings is 2. The summed E-state index contributed by atoms with van der Waals surface area (Å²) in [6.07, 6.45) is 2.56. The number of aryl methyl sites for hydroxylation is 1.